The maximum atomic E-state index is 11.8. The Balaban J connectivity index is 2.64. The van der Waals surface area contributed by atoms with E-state index < -0.39 is 0 Å². The first-order valence-electron chi connectivity index (χ1n) is 5.35. The van der Waals surface area contributed by atoms with Gasteiger partial charge in [-0.3, -0.25) is 9.69 Å². The number of carbonyl (C=O) groups is 1. The summed E-state index contributed by atoms with van der Waals surface area (Å²) in [6, 6.07) is 0.145. The molecule has 13 heavy (non-hydrogen) atoms. The molecule has 0 saturated carbocycles. The quantitative estimate of drug-likeness (QED) is 0.652. The summed E-state index contributed by atoms with van der Waals surface area (Å²) in [6.07, 6.45) is 1.14. The first-order chi connectivity index (χ1) is 6.07. The van der Waals surface area contributed by atoms with Crippen LogP contribution in [0, 0.1) is 11.8 Å². The minimum atomic E-state index is 0.145. The summed E-state index contributed by atoms with van der Waals surface area (Å²) in [6.45, 7) is 10.6. The SMILES string of the molecule is CCCN1CC(C)C(C)C(=O)[C@H]1C. The number of hydrogen-bond acceptors (Lipinski definition) is 2. The van der Waals surface area contributed by atoms with E-state index >= 15 is 0 Å². The van der Waals surface area contributed by atoms with Crippen LogP contribution in [0.1, 0.15) is 34.1 Å². The zero-order valence-corrected chi connectivity index (χ0v) is 9.21. The lowest BCUT2D eigenvalue weighted by molar-refractivity contribution is -0.133. The first kappa shape index (κ1) is 10.7. The molecule has 3 atom stereocenters. The lowest BCUT2D eigenvalue weighted by Gasteiger charge is -2.39. The monoisotopic (exact) mass is 183 g/mol. The number of nitrogens with zero attached hydrogens (tertiary/aromatic N) is 1. The zero-order chi connectivity index (χ0) is 10.0. The van der Waals surface area contributed by atoms with Crippen LogP contribution in [0.5, 0.6) is 0 Å². The summed E-state index contributed by atoms with van der Waals surface area (Å²) in [5.74, 6) is 1.20. The Labute approximate surface area is 81.3 Å². The van der Waals surface area contributed by atoms with Gasteiger partial charge in [0.1, 0.15) is 0 Å². The van der Waals surface area contributed by atoms with Gasteiger partial charge < -0.3 is 0 Å². The Morgan fingerprint density at radius 2 is 2.00 bits per heavy atom. The van der Waals surface area contributed by atoms with Gasteiger partial charge in [0.15, 0.2) is 5.78 Å². The van der Waals surface area contributed by atoms with E-state index in [0.29, 0.717) is 11.7 Å². The molecule has 1 aliphatic rings. The Morgan fingerprint density at radius 1 is 1.38 bits per heavy atom. The molecule has 1 fully saturated rings. The van der Waals surface area contributed by atoms with E-state index in [2.05, 4.69) is 25.7 Å². The smallest absolute Gasteiger partial charge is 0.152 e. The van der Waals surface area contributed by atoms with Crippen LogP contribution in [0.3, 0.4) is 0 Å². The van der Waals surface area contributed by atoms with Gasteiger partial charge in [-0.25, -0.2) is 0 Å². The predicted molar refractivity (Wildman–Crippen MR) is 54.7 cm³/mol. The van der Waals surface area contributed by atoms with Crippen molar-refractivity contribution in [1.82, 2.24) is 4.90 Å². The van der Waals surface area contributed by atoms with E-state index in [9.17, 15) is 4.79 Å². The average molecular weight is 183 g/mol. The van der Waals surface area contributed by atoms with Gasteiger partial charge in [-0.05, 0) is 25.8 Å². The van der Waals surface area contributed by atoms with E-state index in [1.807, 2.05) is 6.92 Å². The summed E-state index contributed by atoms with van der Waals surface area (Å²) < 4.78 is 0. The van der Waals surface area contributed by atoms with Crippen molar-refractivity contribution < 1.29 is 4.79 Å². The van der Waals surface area contributed by atoms with Crippen molar-refractivity contribution in [1.29, 1.82) is 0 Å². The normalized spacial score (nSPS) is 36.6. The minimum Gasteiger partial charge on any atom is -0.298 e. The van der Waals surface area contributed by atoms with Gasteiger partial charge in [-0.2, -0.15) is 0 Å². The molecule has 1 heterocycles. The fourth-order valence-electron chi connectivity index (χ4n) is 2.10. The van der Waals surface area contributed by atoms with Crippen molar-refractivity contribution >= 4 is 5.78 Å². The zero-order valence-electron chi connectivity index (χ0n) is 9.21. The van der Waals surface area contributed by atoms with E-state index in [4.69, 9.17) is 0 Å². The van der Waals surface area contributed by atoms with Gasteiger partial charge in [-0.1, -0.05) is 20.8 Å². The molecule has 1 rings (SSSR count). The Morgan fingerprint density at radius 3 is 2.54 bits per heavy atom. The van der Waals surface area contributed by atoms with E-state index in [1.54, 1.807) is 0 Å². The van der Waals surface area contributed by atoms with Crippen molar-refractivity contribution in [3.8, 4) is 0 Å². The van der Waals surface area contributed by atoms with Crippen molar-refractivity contribution in [2.24, 2.45) is 11.8 Å². The van der Waals surface area contributed by atoms with Crippen molar-refractivity contribution in [3.63, 3.8) is 0 Å². The summed E-state index contributed by atoms with van der Waals surface area (Å²) in [4.78, 5) is 14.1. The molecular formula is C11H21NO. The lowest BCUT2D eigenvalue weighted by atomic mass is 9.83. The molecule has 0 aromatic heterocycles. The van der Waals surface area contributed by atoms with Crippen LogP contribution in [-0.2, 0) is 4.79 Å². The Bertz CT molecular complexity index is 191. The third-order valence-electron chi connectivity index (χ3n) is 3.30. The summed E-state index contributed by atoms with van der Waals surface area (Å²) in [7, 11) is 0. The highest BCUT2D eigenvalue weighted by Gasteiger charge is 2.34. The maximum Gasteiger partial charge on any atom is 0.152 e. The van der Waals surface area contributed by atoms with Crippen LogP contribution in [-0.4, -0.2) is 29.8 Å². The van der Waals surface area contributed by atoms with Crippen LogP contribution in [0.4, 0.5) is 0 Å². The number of carbonyl (C=O) groups excluding carboxylic acids is 1. The van der Waals surface area contributed by atoms with Gasteiger partial charge >= 0.3 is 0 Å². The Hall–Kier alpha value is -0.370. The highest BCUT2D eigenvalue weighted by atomic mass is 16.1. The van der Waals surface area contributed by atoms with Crippen LogP contribution in [0.25, 0.3) is 0 Å². The van der Waals surface area contributed by atoms with Crippen LogP contribution in [0.2, 0.25) is 0 Å². The number of likely N-dealkylation sites (tertiary alicyclic amines) is 1. The maximum absolute atomic E-state index is 11.8. The van der Waals surface area contributed by atoms with E-state index in [0.717, 1.165) is 19.5 Å². The van der Waals surface area contributed by atoms with Gasteiger partial charge in [0.05, 0.1) is 6.04 Å². The molecule has 0 N–H and O–H groups in total. The molecule has 2 heteroatoms. The second kappa shape index (κ2) is 4.23. The minimum absolute atomic E-state index is 0.145. The largest absolute Gasteiger partial charge is 0.298 e. The summed E-state index contributed by atoms with van der Waals surface area (Å²) in [5.41, 5.74) is 0. The molecule has 1 saturated heterocycles. The number of piperidine rings is 1. The predicted octanol–water partition coefficient (Wildman–Crippen LogP) is 1.94. The standard InChI is InChI=1S/C11H21NO/c1-5-6-12-7-8(2)9(3)11(13)10(12)4/h8-10H,5-7H2,1-4H3/t8?,9?,10-/m1/s1. The molecule has 76 valence electrons. The van der Waals surface area contributed by atoms with Gasteiger partial charge in [0, 0.05) is 12.5 Å². The third-order valence-corrected chi connectivity index (χ3v) is 3.30. The molecule has 0 aromatic carbocycles. The van der Waals surface area contributed by atoms with Gasteiger partial charge in [0.25, 0.3) is 0 Å². The topological polar surface area (TPSA) is 20.3 Å². The molecule has 1 aliphatic heterocycles. The summed E-state index contributed by atoms with van der Waals surface area (Å²) in [5, 5.41) is 0. The second-order valence-corrected chi connectivity index (χ2v) is 4.34. The molecule has 2 nitrogen and oxygen atoms in total. The average Bonchev–Trinajstić information content (AvgIpc) is 2.11. The van der Waals surface area contributed by atoms with Gasteiger partial charge in [0.2, 0.25) is 0 Å². The van der Waals surface area contributed by atoms with Crippen molar-refractivity contribution in [3.05, 3.63) is 0 Å². The highest BCUT2D eigenvalue weighted by Crippen LogP contribution is 2.24. The Kier molecular flexibility index (Phi) is 3.48. The number of rotatable bonds is 2. The molecule has 2 unspecified atom stereocenters. The van der Waals surface area contributed by atoms with E-state index in [1.165, 1.54) is 0 Å². The second-order valence-electron chi connectivity index (χ2n) is 4.34. The fraction of sp³-hybridized carbons (Fsp3) is 0.909. The van der Waals surface area contributed by atoms with E-state index in [-0.39, 0.29) is 12.0 Å². The van der Waals surface area contributed by atoms with Crippen molar-refractivity contribution in [2.75, 3.05) is 13.1 Å². The lowest BCUT2D eigenvalue weighted by Crippen LogP contribution is -2.51. The van der Waals surface area contributed by atoms with Crippen molar-refractivity contribution in [2.45, 2.75) is 40.2 Å². The number of Topliss-reactive ketones (excluding diaryl/α,β-unsaturated/α-hetero) is 1. The molecule has 0 spiro atoms. The van der Waals surface area contributed by atoms with Gasteiger partial charge in [-0.15, -0.1) is 0 Å². The molecule has 0 aliphatic carbocycles. The molecule has 0 aromatic rings. The fourth-order valence-corrected chi connectivity index (χ4v) is 2.10. The van der Waals surface area contributed by atoms with Crippen LogP contribution >= 0.6 is 0 Å². The number of ketones is 1. The molecule has 0 amide bonds. The van der Waals surface area contributed by atoms with Crippen LogP contribution in [0.15, 0.2) is 0 Å². The number of hydrogen-bond donors (Lipinski definition) is 0. The molecular weight excluding hydrogens is 162 g/mol. The highest BCUT2D eigenvalue weighted by molar-refractivity contribution is 5.86. The van der Waals surface area contributed by atoms with Crippen LogP contribution < -0.4 is 0 Å². The molecule has 0 radical (unpaired) electrons. The first-order valence-corrected chi connectivity index (χ1v) is 5.35. The molecule has 0 bridgehead atoms. The third kappa shape index (κ3) is 2.11. The summed E-state index contributed by atoms with van der Waals surface area (Å²) >= 11 is 0.